The zero-order valence-corrected chi connectivity index (χ0v) is 14.1. The second-order valence-electron chi connectivity index (χ2n) is 5.55. The number of nitrogens with zero attached hydrogens (tertiary/aromatic N) is 1. The number of aromatic nitrogens is 1. The van der Waals surface area contributed by atoms with Gasteiger partial charge in [-0.25, -0.2) is 9.78 Å². The van der Waals surface area contributed by atoms with Crippen molar-refractivity contribution < 1.29 is 18.7 Å². The highest BCUT2D eigenvalue weighted by molar-refractivity contribution is 5.89. The summed E-state index contributed by atoms with van der Waals surface area (Å²) in [4.78, 5) is 27.6. The molecular formula is C20H18N2O4. The highest BCUT2D eigenvalue weighted by atomic mass is 16.5. The quantitative estimate of drug-likeness (QED) is 0.523. The number of amides is 1. The number of carbonyl (C=O) groups excluding carboxylic acids is 2. The van der Waals surface area contributed by atoms with E-state index in [1.54, 1.807) is 6.07 Å². The first-order valence-corrected chi connectivity index (χ1v) is 8.22. The van der Waals surface area contributed by atoms with E-state index in [1.807, 2.05) is 48.5 Å². The van der Waals surface area contributed by atoms with Crippen LogP contribution in [0.2, 0.25) is 0 Å². The Morgan fingerprint density at radius 1 is 1.08 bits per heavy atom. The monoisotopic (exact) mass is 350 g/mol. The van der Waals surface area contributed by atoms with E-state index in [0.29, 0.717) is 23.5 Å². The van der Waals surface area contributed by atoms with Crippen LogP contribution in [0.1, 0.15) is 11.5 Å². The van der Waals surface area contributed by atoms with Gasteiger partial charge in [-0.15, -0.1) is 0 Å². The summed E-state index contributed by atoms with van der Waals surface area (Å²) in [6, 6.07) is 17.1. The molecule has 0 saturated carbocycles. The Morgan fingerprint density at radius 3 is 2.65 bits per heavy atom. The summed E-state index contributed by atoms with van der Waals surface area (Å²) in [6.07, 6.45) is 3.32. The van der Waals surface area contributed by atoms with Gasteiger partial charge in [-0.2, -0.15) is 0 Å². The third kappa shape index (κ3) is 5.04. The van der Waals surface area contributed by atoms with Gasteiger partial charge < -0.3 is 14.5 Å². The third-order valence-electron chi connectivity index (χ3n) is 3.60. The van der Waals surface area contributed by atoms with Crippen LogP contribution in [0.4, 0.5) is 0 Å². The van der Waals surface area contributed by atoms with Crippen LogP contribution in [0.5, 0.6) is 0 Å². The van der Waals surface area contributed by atoms with Crippen molar-refractivity contribution in [2.45, 2.75) is 6.42 Å². The third-order valence-corrected chi connectivity index (χ3v) is 3.60. The Bertz CT molecular complexity index is 883. The van der Waals surface area contributed by atoms with Crippen LogP contribution in [0.3, 0.4) is 0 Å². The van der Waals surface area contributed by atoms with E-state index in [2.05, 4.69) is 10.3 Å². The summed E-state index contributed by atoms with van der Waals surface area (Å²) in [6.45, 7) is 0.157. The Labute approximate surface area is 150 Å². The highest BCUT2D eigenvalue weighted by Crippen LogP contribution is 2.15. The van der Waals surface area contributed by atoms with E-state index in [9.17, 15) is 9.59 Å². The lowest BCUT2D eigenvalue weighted by Gasteiger charge is -2.05. The molecule has 6 nitrogen and oxygen atoms in total. The first-order chi connectivity index (χ1) is 12.7. The molecule has 0 aliphatic rings. The molecule has 0 saturated heterocycles. The van der Waals surface area contributed by atoms with Gasteiger partial charge in [-0.05, 0) is 24.1 Å². The van der Waals surface area contributed by atoms with Crippen molar-refractivity contribution in [2.24, 2.45) is 0 Å². The Kier molecular flexibility index (Phi) is 5.77. The lowest BCUT2D eigenvalue weighted by molar-refractivity contribution is -0.143. The lowest BCUT2D eigenvalue weighted by atomic mass is 10.1. The van der Waals surface area contributed by atoms with E-state index >= 15 is 0 Å². The molecule has 0 unspecified atom stereocenters. The minimum atomic E-state index is -0.634. The predicted molar refractivity (Wildman–Crippen MR) is 97.2 cm³/mol. The Morgan fingerprint density at radius 2 is 1.85 bits per heavy atom. The predicted octanol–water partition coefficient (Wildman–Crippen LogP) is 2.74. The van der Waals surface area contributed by atoms with E-state index in [1.165, 1.54) is 12.2 Å². The molecule has 3 rings (SSSR count). The SMILES string of the molecule is O=C(COC(=O)/C=C/c1nc2ccccc2o1)NCCc1ccccc1. The zero-order chi connectivity index (χ0) is 18.2. The van der Waals surface area contributed by atoms with Crippen LogP contribution in [-0.2, 0) is 20.7 Å². The lowest BCUT2D eigenvalue weighted by Crippen LogP contribution is -2.30. The molecule has 0 aliphatic carbocycles. The molecule has 132 valence electrons. The molecule has 0 fully saturated rings. The van der Waals surface area contributed by atoms with E-state index < -0.39 is 5.97 Å². The minimum Gasteiger partial charge on any atom is -0.452 e. The number of hydrogen-bond donors (Lipinski definition) is 1. The number of nitrogens with one attached hydrogen (secondary N) is 1. The highest BCUT2D eigenvalue weighted by Gasteiger charge is 2.06. The molecule has 2 aromatic carbocycles. The number of oxazole rings is 1. The summed E-state index contributed by atoms with van der Waals surface area (Å²) in [5.74, 6) is -0.675. The molecule has 0 aliphatic heterocycles. The fourth-order valence-corrected chi connectivity index (χ4v) is 2.33. The first kappa shape index (κ1) is 17.4. The normalized spacial score (nSPS) is 10.9. The van der Waals surface area contributed by atoms with Crippen molar-refractivity contribution in [1.82, 2.24) is 10.3 Å². The van der Waals surface area contributed by atoms with Crippen LogP contribution in [0.15, 0.2) is 65.1 Å². The van der Waals surface area contributed by atoms with Crippen LogP contribution < -0.4 is 5.32 Å². The number of benzene rings is 2. The topological polar surface area (TPSA) is 81.4 Å². The maximum atomic E-state index is 11.7. The van der Waals surface area contributed by atoms with E-state index in [-0.39, 0.29) is 12.5 Å². The molecule has 3 aromatic rings. The fourth-order valence-electron chi connectivity index (χ4n) is 2.33. The molecule has 1 heterocycles. The number of rotatable bonds is 7. The molecule has 1 N–H and O–H groups in total. The van der Waals surface area contributed by atoms with Crippen LogP contribution >= 0.6 is 0 Å². The summed E-state index contributed by atoms with van der Waals surface area (Å²) in [5, 5.41) is 2.71. The van der Waals surface area contributed by atoms with Crippen LogP contribution in [0, 0.1) is 0 Å². The van der Waals surface area contributed by atoms with Gasteiger partial charge in [0.05, 0.1) is 0 Å². The molecule has 0 radical (unpaired) electrons. The Balaban J connectivity index is 1.39. The molecular weight excluding hydrogens is 332 g/mol. The molecule has 1 aromatic heterocycles. The molecule has 1 amide bonds. The summed E-state index contributed by atoms with van der Waals surface area (Å²) >= 11 is 0. The molecule has 26 heavy (non-hydrogen) atoms. The number of fused-ring (bicyclic) bond motifs is 1. The van der Waals surface area contributed by atoms with Gasteiger partial charge in [0.1, 0.15) is 5.52 Å². The molecule has 0 spiro atoms. The van der Waals surface area contributed by atoms with Crippen LogP contribution in [-0.4, -0.2) is 30.0 Å². The fraction of sp³-hybridized carbons (Fsp3) is 0.150. The van der Waals surface area contributed by atoms with Crippen LogP contribution in [0.25, 0.3) is 17.2 Å². The largest absolute Gasteiger partial charge is 0.452 e. The number of para-hydroxylation sites is 2. The van der Waals surface area contributed by atoms with Crippen molar-refractivity contribution in [3.05, 3.63) is 72.1 Å². The second-order valence-corrected chi connectivity index (χ2v) is 5.55. The summed E-state index contributed by atoms with van der Waals surface area (Å²) in [7, 11) is 0. The van der Waals surface area contributed by atoms with Crippen molar-refractivity contribution in [1.29, 1.82) is 0 Å². The van der Waals surface area contributed by atoms with Gasteiger partial charge in [0.15, 0.2) is 12.2 Å². The van der Waals surface area contributed by atoms with Crippen molar-refractivity contribution in [2.75, 3.05) is 13.2 Å². The zero-order valence-electron chi connectivity index (χ0n) is 14.1. The average molecular weight is 350 g/mol. The molecule has 6 heteroatoms. The van der Waals surface area contributed by atoms with Gasteiger partial charge in [-0.1, -0.05) is 42.5 Å². The van der Waals surface area contributed by atoms with Gasteiger partial charge in [0.25, 0.3) is 5.91 Å². The Hall–Kier alpha value is -3.41. The molecule has 0 atom stereocenters. The maximum absolute atomic E-state index is 11.7. The number of ether oxygens (including phenoxy) is 1. The standard InChI is InChI=1S/C20H18N2O4/c23-18(21-13-12-15-6-2-1-3-7-15)14-25-20(24)11-10-19-22-16-8-4-5-9-17(16)26-19/h1-11H,12-14H2,(H,21,23)/b11-10+. The minimum absolute atomic E-state index is 0.301. The molecule has 0 bridgehead atoms. The van der Waals surface area contributed by atoms with Gasteiger partial charge in [0.2, 0.25) is 5.89 Å². The summed E-state index contributed by atoms with van der Waals surface area (Å²) < 4.78 is 10.3. The maximum Gasteiger partial charge on any atom is 0.331 e. The number of esters is 1. The number of carbonyl (C=O) groups is 2. The van der Waals surface area contributed by atoms with Gasteiger partial charge in [-0.3, -0.25) is 4.79 Å². The van der Waals surface area contributed by atoms with Crippen molar-refractivity contribution in [3.8, 4) is 0 Å². The smallest absolute Gasteiger partial charge is 0.331 e. The van der Waals surface area contributed by atoms with Gasteiger partial charge >= 0.3 is 5.97 Å². The first-order valence-electron chi connectivity index (χ1n) is 8.22. The average Bonchev–Trinajstić information content (AvgIpc) is 3.08. The van der Waals surface area contributed by atoms with E-state index in [0.717, 1.165) is 12.0 Å². The van der Waals surface area contributed by atoms with Crippen molar-refractivity contribution >= 4 is 29.1 Å². The van der Waals surface area contributed by atoms with Gasteiger partial charge in [0, 0.05) is 18.7 Å². The van der Waals surface area contributed by atoms with Crippen molar-refractivity contribution in [3.63, 3.8) is 0 Å². The van der Waals surface area contributed by atoms with E-state index in [4.69, 9.17) is 9.15 Å². The second kappa shape index (κ2) is 8.62. The number of hydrogen-bond acceptors (Lipinski definition) is 5. The summed E-state index contributed by atoms with van der Waals surface area (Å²) in [5.41, 5.74) is 2.47.